The van der Waals surface area contributed by atoms with Crippen LogP contribution in [0.1, 0.15) is 17.9 Å². The van der Waals surface area contributed by atoms with Gasteiger partial charge in [0.1, 0.15) is 5.75 Å². The number of amides is 1. The molecule has 5 nitrogen and oxygen atoms in total. The van der Waals surface area contributed by atoms with Gasteiger partial charge < -0.3 is 9.64 Å². The molecule has 148 valence electrons. The Morgan fingerprint density at radius 1 is 1.31 bits per heavy atom. The zero-order chi connectivity index (χ0) is 20.5. The van der Waals surface area contributed by atoms with Crippen molar-refractivity contribution in [1.82, 2.24) is 4.90 Å². The van der Waals surface area contributed by atoms with E-state index >= 15 is 0 Å². The van der Waals surface area contributed by atoms with Crippen LogP contribution in [0.3, 0.4) is 0 Å². The molecule has 0 unspecified atom stereocenters. The Morgan fingerprint density at radius 3 is 2.86 bits per heavy atom. The van der Waals surface area contributed by atoms with E-state index < -0.39 is 0 Å². The number of hydrogen-bond donors (Lipinski definition) is 0. The fourth-order valence-electron chi connectivity index (χ4n) is 3.64. The van der Waals surface area contributed by atoms with Crippen molar-refractivity contribution in [2.45, 2.75) is 12.3 Å². The van der Waals surface area contributed by atoms with E-state index in [1.165, 1.54) is 11.8 Å². The summed E-state index contributed by atoms with van der Waals surface area (Å²) in [5.41, 5.74) is 2.40. The van der Waals surface area contributed by atoms with Gasteiger partial charge in [-0.2, -0.15) is 5.26 Å². The van der Waals surface area contributed by atoms with Gasteiger partial charge in [0.2, 0.25) is 5.91 Å². The molecule has 0 saturated carbocycles. The summed E-state index contributed by atoms with van der Waals surface area (Å²) in [6.45, 7) is 0.398. The zero-order valence-electron chi connectivity index (χ0n) is 15.6. The zero-order valence-corrected chi connectivity index (χ0v) is 18.7. The van der Waals surface area contributed by atoms with Gasteiger partial charge in [0.05, 0.1) is 36.3 Å². The van der Waals surface area contributed by atoms with Crippen LogP contribution in [0.5, 0.6) is 5.75 Å². The minimum atomic E-state index is -0.323. The Balaban J connectivity index is 1.71. The van der Waals surface area contributed by atoms with Crippen LogP contribution >= 0.6 is 39.3 Å². The van der Waals surface area contributed by atoms with Gasteiger partial charge in [-0.1, -0.05) is 45.4 Å². The normalized spacial score (nSPS) is 19.1. The highest BCUT2D eigenvalue weighted by Gasteiger charge is 2.39. The molecule has 2 aromatic carbocycles. The lowest BCUT2D eigenvalue weighted by Crippen LogP contribution is -2.47. The molecule has 8 heteroatoms. The fourth-order valence-corrected chi connectivity index (χ4v) is 5.37. The maximum atomic E-state index is 13.1. The molecular weight excluding hydrogens is 474 g/mol. The highest BCUT2D eigenvalue weighted by Crippen LogP contribution is 2.45. The van der Waals surface area contributed by atoms with Crippen LogP contribution in [-0.4, -0.2) is 30.5 Å². The third-order valence-electron chi connectivity index (χ3n) is 5.03. The summed E-state index contributed by atoms with van der Waals surface area (Å²) < 4.78 is 6.38. The van der Waals surface area contributed by atoms with E-state index in [0.29, 0.717) is 28.9 Å². The number of anilines is 1. The number of thioether (sulfide) groups is 1. The van der Waals surface area contributed by atoms with Gasteiger partial charge in [-0.05, 0) is 36.4 Å². The summed E-state index contributed by atoms with van der Waals surface area (Å²) in [4.78, 5) is 16.8. The van der Waals surface area contributed by atoms with Crippen LogP contribution in [-0.2, 0) is 4.79 Å². The van der Waals surface area contributed by atoms with Gasteiger partial charge in [0.15, 0.2) is 0 Å². The molecule has 0 radical (unpaired) electrons. The molecule has 2 aromatic rings. The molecule has 0 N–H and O–H groups in total. The van der Waals surface area contributed by atoms with Gasteiger partial charge >= 0.3 is 0 Å². The summed E-state index contributed by atoms with van der Waals surface area (Å²) in [6.07, 6.45) is 0.225. The van der Waals surface area contributed by atoms with Crippen LogP contribution in [0.4, 0.5) is 5.69 Å². The van der Waals surface area contributed by atoms with Crippen LogP contribution in [0, 0.1) is 11.3 Å². The van der Waals surface area contributed by atoms with E-state index in [4.69, 9.17) is 16.3 Å². The Labute approximate surface area is 187 Å². The average Bonchev–Trinajstić information content (AvgIpc) is 2.73. The molecule has 0 aromatic heterocycles. The lowest BCUT2D eigenvalue weighted by molar-refractivity contribution is -0.129. The van der Waals surface area contributed by atoms with Crippen molar-refractivity contribution in [1.29, 1.82) is 5.26 Å². The summed E-state index contributed by atoms with van der Waals surface area (Å²) >= 11 is 11.1. The van der Waals surface area contributed by atoms with Gasteiger partial charge in [-0.25, -0.2) is 0 Å². The smallest absolute Gasteiger partial charge is 0.229 e. The SMILES string of the molecule is COc1ccc(Br)cc1[C@H]1CC(=O)N2CN(c3cccc(Cl)c3)CSC2=C1C#N. The molecule has 4 rings (SSSR count). The third-order valence-corrected chi connectivity index (χ3v) is 6.92. The molecule has 2 heterocycles. The van der Waals surface area contributed by atoms with Crippen molar-refractivity contribution >= 4 is 50.9 Å². The number of nitrogens with zero attached hydrogens (tertiary/aromatic N) is 3. The van der Waals surface area contributed by atoms with Crippen molar-refractivity contribution in [2.24, 2.45) is 0 Å². The Morgan fingerprint density at radius 2 is 2.14 bits per heavy atom. The topological polar surface area (TPSA) is 56.6 Å². The van der Waals surface area contributed by atoms with Crippen LogP contribution in [0.2, 0.25) is 5.02 Å². The van der Waals surface area contributed by atoms with E-state index in [1.807, 2.05) is 42.5 Å². The molecule has 2 aliphatic heterocycles. The van der Waals surface area contributed by atoms with Crippen LogP contribution < -0.4 is 9.64 Å². The van der Waals surface area contributed by atoms with Crippen molar-refractivity contribution in [2.75, 3.05) is 24.6 Å². The number of halogens is 2. The number of nitriles is 1. The minimum absolute atomic E-state index is 0.00902. The maximum absolute atomic E-state index is 13.1. The molecular formula is C21H17BrClN3O2S. The number of fused-ring (bicyclic) bond motifs is 1. The number of carbonyl (C=O) groups is 1. The van der Waals surface area contributed by atoms with Gasteiger partial charge in [0, 0.05) is 33.1 Å². The molecule has 0 aliphatic carbocycles. The Kier molecular flexibility index (Phi) is 5.77. The first-order valence-corrected chi connectivity index (χ1v) is 11.1. The quantitative estimate of drug-likeness (QED) is 0.582. The number of ether oxygens (including phenoxy) is 1. The lowest BCUT2D eigenvalue weighted by Gasteiger charge is -2.42. The Bertz CT molecular complexity index is 1050. The van der Waals surface area contributed by atoms with Crippen LogP contribution in [0.25, 0.3) is 0 Å². The van der Waals surface area contributed by atoms with E-state index in [-0.39, 0.29) is 18.2 Å². The number of allylic oxidation sites excluding steroid dienone is 1. The first-order chi connectivity index (χ1) is 14.0. The number of rotatable bonds is 3. The van der Waals surface area contributed by atoms with Crippen LogP contribution in [0.15, 0.2) is 57.5 Å². The fraction of sp³-hybridized carbons (Fsp3) is 0.238. The highest BCUT2D eigenvalue weighted by molar-refractivity contribution is 9.10. The molecule has 0 bridgehead atoms. The first-order valence-electron chi connectivity index (χ1n) is 8.93. The van der Waals surface area contributed by atoms with Gasteiger partial charge in [0.25, 0.3) is 0 Å². The molecule has 29 heavy (non-hydrogen) atoms. The number of methoxy groups -OCH3 is 1. The summed E-state index contributed by atoms with van der Waals surface area (Å²) in [6, 6.07) is 15.6. The lowest BCUT2D eigenvalue weighted by atomic mass is 9.86. The number of benzene rings is 2. The molecule has 0 spiro atoms. The molecule has 2 aliphatic rings. The molecule has 1 fully saturated rings. The Hall–Kier alpha value is -2.14. The largest absolute Gasteiger partial charge is 0.496 e. The monoisotopic (exact) mass is 489 g/mol. The highest BCUT2D eigenvalue weighted by atomic mass is 79.9. The molecule has 1 atom stereocenters. The van der Waals surface area contributed by atoms with Crippen molar-refractivity contribution in [3.05, 3.63) is 68.1 Å². The summed E-state index contributed by atoms with van der Waals surface area (Å²) in [5, 5.41) is 11.3. The average molecular weight is 491 g/mol. The van der Waals surface area contributed by atoms with Gasteiger partial charge in [-0.15, -0.1) is 0 Å². The molecule has 1 saturated heterocycles. The second-order valence-corrected chi connectivity index (χ2v) is 9.02. The van der Waals surface area contributed by atoms with E-state index in [2.05, 4.69) is 26.9 Å². The molecule has 1 amide bonds. The second-order valence-electron chi connectivity index (χ2n) is 6.73. The van der Waals surface area contributed by atoms with Crippen molar-refractivity contribution < 1.29 is 9.53 Å². The van der Waals surface area contributed by atoms with E-state index in [9.17, 15) is 10.1 Å². The van der Waals surface area contributed by atoms with Gasteiger partial charge in [-0.3, -0.25) is 9.69 Å². The summed E-state index contributed by atoms with van der Waals surface area (Å²) in [5.74, 6) is 0.975. The van der Waals surface area contributed by atoms with Crippen molar-refractivity contribution in [3.63, 3.8) is 0 Å². The predicted molar refractivity (Wildman–Crippen MR) is 119 cm³/mol. The predicted octanol–water partition coefficient (Wildman–Crippen LogP) is 5.33. The standard InChI is InChI=1S/C21H17BrClN3O2S/c1-28-19-6-5-13(22)7-17(19)16-9-20(27)26-11-25(12-29-21(26)18(16)10-24)15-4-2-3-14(23)8-15/h2-8,16H,9,11-12H2,1H3/t16-/m1/s1. The number of carbonyl (C=O) groups excluding carboxylic acids is 1. The van der Waals surface area contributed by atoms with E-state index in [0.717, 1.165) is 20.8 Å². The second kappa shape index (κ2) is 8.31. The minimum Gasteiger partial charge on any atom is -0.496 e. The van der Waals surface area contributed by atoms with Crippen molar-refractivity contribution in [3.8, 4) is 11.8 Å². The third kappa shape index (κ3) is 3.85. The summed E-state index contributed by atoms with van der Waals surface area (Å²) in [7, 11) is 1.60. The number of hydrogen-bond acceptors (Lipinski definition) is 5. The first kappa shape index (κ1) is 20.1. The van der Waals surface area contributed by atoms with E-state index in [1.54, 1.807) is 12.0 Å². The maximum Gasteiger partial charge on any atom is 0.229 e.